The molecule has 3 heterocycles. The second-order valence-corrected chi connectivity index (χ2v) is 12.0. The summed E-state index contributed by atoms with van der Waals surface area (Å²) in [7, 11) is 10.8. The molecule has 11 heteroatoms. The van der Waals surface area contributed by atoms with E-state index < -0.39 is 0 Å². The molecule has 0 atom stereocenters. The van der Waals surface area contributed by atoms with Crippen LogP contribution in [0.3, 0.4) is 0 Å². The quantitative estimate of drug-likeness (QED) is 0.286. The van der Waals surface area contributed by atoms with Crippen molar-refractivity contribution in [3.05, 3.63) is 83.9 Å². The van der Waals surface area contributed by atoms with Gasteiger partial charge in [0.25, 0.3) is 0 Å². The molecule has 0 saturated carbocycles. The smallest absolute Gasteiger partial charge is 0.164 e. The minimum absolute atomic E-state index is 0.574. The van der Waals surface area contributed by atoms with Gasteiger partial charge in [0.1, 0.15) is 61.6 Å². The predicted octanol–water partition coefficient (Wildman–Crippen LogP) is 0.617. The summed E-state index contributed by atoms with van der Waals surface area (Å²) in [5.41, 5.74) is 12.0. The van der Waals surface area contributed by atoms with Crippen LogP contribution in [0.5, 0.6) is 0 Å². The topological polar surface area (TPSA) is 65.0 Å². The number of hydrogen-bond acceptors (Lipinski definition) is 5. The summed E-state index contributed by atoms with van der Waals surface area (Å²) in [6.07, 6.45) is 0. The molecule has 8 rings (SSSR count). The molecule has 0 fully saturated rings. The van der Waals surface area contributed by atoms with Gasteiger partial charge in [-0.25, -0.2) is 15.0 Å². The monoisotopic (exact) mass is 583 g/mol. The molecule has 0 unspecified atom stereocenters. The summed E-state index contributed by atoms with van der Waals surface area (Å²) in [5.74, 6) is 1.80. The van der Waals surface area contributed by atoms with Crippen LogP contribution in [0, 0.1) is 0 Å². The Morgan fingerprint density at radius 3 is 1.52 bits per heavy atom. The fraction of sp³-hybridized carbons (Fsp3) is 0. The summed E-state index contributed by atoms with van der Waals surface area (Å²) >= 11 is 6.25. The first kappa shape index (κ1) is 26.9. The molecule has 0 aliphatic carbocycles. The SMILES string of the molecule is Bc1c(B)c(B)c(-c2nc(-c3ccc4c(c3)oc3ccccc34)nc(-c3ccc4c(c3)oc3cc(Cl)ccc34)n2)c(B)c1B. The summed E-state index contributed by atoms with van der Waals surface area (Å²) in [6, 6.07) is 26.1. The summed E-state index contributed by atoms with van der Waals surface area (Å²) in [5, 5.41) is 4.82. The molecule has 0 aliphatic rings. The minimum atomic E-state index is 0.574. The Kier molecular flexibility index (Phi) is 6.07. The zero-order valence-electron chi connectivity index (χ0n) is 25.0. The van der Waals surface area contributed by atoms with Crippen LogP contribution in [0.4, 0.5) is 0 Å². The van der Waals surface area contributed by atoms with Crippen LogP contribution >= 0.6 is 11.6 Å². The summed E-state index contributed by atoms with van der Waals surface area (Å²) < 4.78 is 12.4. The lowest BCUT2D eigenvalue weighted by atomic mass is 9.60. The molecule has 0 aliphatic heterocycles. The maximum Gasteiger partial charge on any atom is 0.164 e. The largest absolute Gasteiger partial charge is 0.456 e. The Labute approximate surface area is 263 Å². The first-order chi connectivity index (χ1) is 21.3. The van der Waals surface area contributed by atoms with Crippen molar-refractivity contribution in [1.82, 2.24) is 15.0 Å². The third-order valence-corrected chi connectivity index (χ3v) is 9.42. The van der Waals surface area contributed by atoms with Crippen LogP contribution in [0.15, 0.2) is 87.7 Å². The first-order valence-electron chi connectivity index (χ1n) is 14.6. The lowest BCUT2D eigenvalue weighted by Crippen LogP contribution is -2.55. The Morgan fingerprint density at radius 1 is 0.455 bits per heavy atom. The van der Waals surface area contributed by atoms with E-state index in [0.717, 1.165) is 60.6 Å². The van der Waals surface area contributed by atoms with Gasteiger partial charge >= 0.3 is 0 Å². The number of hydrogen-bond donors (Lipinski definition) is 0. The van der Waals surface area contributed by atoms with Crippen molar-refractivity contribution in [3.8, 4) is 34.2 Å². The number of fused-ring (bicyclic) bond motifs is 6. The predicted molar refractivity (Wildman–Crippen MR) is 197 cm³/mol. The molecule has 0 spiro atoms. The molecule has 0 N–H and O–H groups in total. The van der Waals surface area contributed by atoms with Gasteiger partial charge in [0.05, 0.1) is 0 Å². The third-order valence-electron chi connectivity index (χ3n) is 9.19. The van der Waals surface area contributed by atoms with Crippen molar-refractivity contribution in [2.45, 2.75) is 0 Å². The normalized spacial score (nSPS) is 11.8. The first-order valence-corrected chi connectivity index (χ1v) is 15.0. The number of rotatable bonds is 3. The number of nitrogens with zero attached hydrogens (tertiary/aromatic N) is 3. The van der Waals surface area contributed by atoms with Gasteiger partial charge in [0.15, 0.2) is 17.5 Å². The van der Waals surface area contributed by atoms with Crippen molar-refractivity contribution < 1.29 is 8.83 Å². The van der Waals surface area contributed by atoms with E-state index in [1.807, 2.05) is 54.6 Å². The zero-order chi connectivity index (χ0) is 30.3. The molecule has 204 valence electrons. The Morgan fingerprint density at radius 2 is 0.909 bits per heavy atom. The maximum absolute atomic E-state index is 6.25. The molecule has 8 aromatic rings. The Bertz CT molecular complexity index is 2460. The molecule has 0 saturated heterocycles. The summed E-state index contributed by atoms with van der Waals surface area (Å²) in [6.45, 7) is 0. The molecular formula is C33H23B5ClN3O2. The molecule has 5 nitrogen and oxygen atoms in total. The highest BCUT2D eigenvalue weighted by Crippen LogP contribution is 2.35. The van der Waals surface area contributed by atoms with Gasteiger partial charge in [-0.3, -0.25) is 0 Å². The zero-order valence-corrected chi connectivity index (χ0v) is 25.8. The van der Waals surface area contributed by atoms with E-state index in [1.54, 1.807) is 0 Å². The van der Waals surface area contributed by atoms with Gasteiger partial charge in [-0.2, -0.15) is 0 Å². The van der Waals surface area contributed by atoms with Crippen LogP contribution in [-0.2, 0) is 0 Å². The molecule has 0 bridgehead atoms. The standard InChI is InChI=1S/C33H23B5ClN3O2/c34-26-25(27(35)29(37)30(38)28(26)36)33-41-31(14-5-8-18-17-3-1-2-4-21(17)43-22(18)11-14)40-32(42-33)15-6-9-19-20-10-7-16(39)13-24(20)44-23(19)12-15/h1-13H,34-38H2. The second-order valence-electron chi connectivity index (χ2n) is 11.6. The van der Waals surface area contributed by atoms with Crippen molar-refractivity contribution in [2.24, 2.45) is 0 Å². The van der Waals surface area contributed by atoms with Crippen molar-refractivity contribution >= 4 is 122 Å². The highest BCUT2D eigenvalue weighted by Gasteiger charge is 2.20. The van der Waals surface area contributed by atoms with Crippen molar-refractivity contribution in [1.29, 1.82) is 0 Å². The highest BCUT2D eigenvalue weighted by atomic mass is 35.5. The number of furan rings is 2. The lowest BCUT2D eigenvalue weighted by molar-refractivity contribution is 0.668. The van der Waals surface area contributed by atoms with E-state index in [0.29, 0.717) is 22.5 Å². The van der Waals surface area contributed by atoms with E-state index in [1.165, 1.54) is 27.3 Å². The van der Waals surface area contributed by atoms with Crippen LogP contribution in [-0.4, -0.2) is 54.2 Å². The molecule has 44 heavy (non-hydrogen) atoms. The van der Waals surface area contributed by atoms with Gasteiger partial charge in [-0.1, -0.05) is 52.9 Å². The van der Waals surface area contributed by atoms with E-state index in [9.17, 15) is 0 Å². The number of para-hydroxylation sites is 1. The van der Waals surface area contributed by atoms with E-state index in [4.69, 9.17) is 35.4 Å². The average molecular weight is 583 g/mol. The molecule has 5 aromatic carbocycles. The second kappa shape index (κ2) is 9.93. The molecular weight excluding hydrogens is 560 g/mol. The average Bonchev–Trinajstić information content (AvgIpc) is 3.59. The van der Waals surface area contributed by atoms with Crippen LogP contribution in [0.1, 0.15) is 0 Å². The highest BCUT2D eigenvalue weighted by molar-refractivity contribution is 6.68. The number of aromatic nitrogens is 3. The third kappa shape index (κ3) is 4.12. The minimum Gasteiger partial charge on any atom is -0.456 e. The van der Waals surface area contributed by atoms with E-state index in [2.05, 4.69) is 63.5 Å². The number of benzene rings is 5. The van der Waals surface area contributed by atoms with Crippen molar-refractivity contribution in [3.63, 3.8) is 0 Å². The molecule has 3 aromatic heterocycles. The van der Waals surface area contributed by atoms with Gasteiger partial charge in [0, 0.05) is 49.3 Å². The summed E-state index contributed by atoms with van der Waals surface area (Å²) in [4.78, 5) is 15.2. The van der Waals surface area contributed by atoms with Crippen LogP contribution < -0.4 is 27.3 Å². The van der Waals surface area contributed by atoms with E-state index in [-0.39, 0.29) is 0 Å². The fourth-order valence-electron chi connectivity index (χ4n) is 6.34. The van der Waals surface area contributed by atoms with Gasteiger partial charge in [-0.05, 0) is 42.5 Å². The lowest BCUT2D eigenvalue weighted by Gasteiger charge is -2.20. The van der Waals surface area contributed by atoms with Gasteiger partial charge in [0.2, 0.25) is 0 Å². The van der Waals surface area contributed by atoms with Crippen molar-refractivity contribution in [2.75, 3.05) is 0 Å². The Balaban J connectivity index is 1.37. The maximum atomic E-state index is 6.25. The van der Waals surface area contributed by atoms with Gasteiger partial charge in [-0.15, -0.1) is 16.4 Å². The fourth-order valence-corrected chi connectivity index (χ4v) is 6.50. The Hall–Kier alpha value is -4.68. The molecule has 0 amide bonds. The van der Waals surface area contributed by atoms with E-state index >= 15 is 0 Å². The van der Waals surface area contributed by atoms with Crippen LogP contribution in [0.25, 0.3) is 78.0 Å². The molecule has 0 radical (unpaired) electrons. The van der Waals surface area contributed by atoms with Crippen LogP contribution in [0.2, 0.25) is 5.02 Å². The van der Waals surface area contributed by atoms with Gasteiger partial charge < -0.3 is 8.83 Å². The number of halogens is 1.